The van der Waals surface area contributed by atoms with Gasteiger partial charge in [-0.05, 0) is 13.8 Å². The predicted octanol–water partition coefficient (Wildman–Crippen LogP) is 4.02. The lowest BCUT2D eigenvalue weighted by Gasteiger charge is -2.36. The normalized spacial score (nSPS) is 15.2. The van der Waals surface area contributed by atoms with Gasteiger partial charge < -0.3 is 20.1 Å². The summed E-state index contributed by atoms with van der Waals surface area (Å²) in [6.45, 7) is 4.34. The Kier molecular flexibility index (Phi) is 6.09. The number of ether oxygens (including phenoxy) is 1. The van der Waals surface area contributed by atoms with E-state index in [0.717, 1.165) is 6.07 Å². The molecule has 1 saturated heterocycles. The fourth-order valence-electron chi connectivity index (χ4n) is 3.06. The number of aryl methyl sites for hydroxylation is 1. The topological polar surface area (TPSA) is 87.6 Å². The molecule has 1 aliphatic rings. The molecule has 1 aliphatic heterocycles. The number of hydrogen-bond acceptors (Lipinski definition) is 5. The van der Waals surface area contributed by atoms with E-state index < -0.39 is 29.9 Å². The highest BCUT2D eigenvalue weighted by Crippen LogP contribution is 2.31. The maximum atomic E-state index is 14.4. The molecular weight excluding hydrogens is 389 g/mol. The lowest BCUT2D eigenvalue weighted by atomic mass is 10.0. The molecule has 7 nitrogen and oxygen atoms in total. The van der Waals surface area contributed by atoms with E-state index in [1.807, 2.05) is 0 Å². The summed E-state index contributed by atoms with van der Waals surface area (Å²) in [5, 5.41) is 11.9. The van der Waals surface area contributed by atoms with Crippen molar-refractivity contribution >= 4 is 11.9 Å². The molecule has 0 bridgehead atoms. The third-order valence-electron chi connectivity index (χ3n) is 4.69. The SMILES string of the molecule is Cc1ncc(OCC2CN(C(=O)O)C2)c(N[C@H](C)c2cccc(C(F)F)c2F)n1. The summed E-state index contributed by atoms with van der Waals surface area (Å²) in [5.74, 6) is 0.175. The van der Waals surface area contributed by atoms with Gasteiger partial charge in [0.1, 0.15) is 11.6 Å². The van der Waals surface area contributed by atoms with Crippen molar-refractivity contribution in [2.45, 2.75) is 26.3 Å². The molecule has 29 heavy (non-hydrogen) atoms. The van der Waals surface area contributed by atoms with Crippen molar-refractivity contribution in [3.63, 3.8) is 0 Å². The number of hydrogen-bond donors (Lipinski definition) is 2. The van der Waals surface area contributed by atoms with Crippen molar-refractivity contribution in [2.24, 2.45) is 5.92 Å². The van der Waals surface area contributed by atoms with E-state index >= 15 is 0 Å². The first kappa shape index (κ1) is 20.7. The molecule has 2 heterocycles. The van der Waals surface area contributed by atoms with E-state index in [1.54, 1.807) is 13.8 Å². The van der Waals surface area contributed by atoms with Crippen LogP contribution in [0.4, 0.5) is 23.8 Å². The van der Waals surface area contributed by atoms with Gasteiger partial charge in [0.2, 0.25) is 0 Å². The lowest BCUT2D eigenvalue weighted by Crippen LogP contribution is -2.51. The van der Waals surface area contributed by atoms with Crippen LogP contribution < -0.4 is 10.1 Å². The third kappa shape index (κ3) is 4.69. The monoisotopic (exact) mass is 410 g/mol. The van der Waals surface area contributed by atoms with Crippen LogP contribution in [-0.2, 0) is 0 Å². The zero-order valence-electron chi connectivity index (χ0n) is 15.9. The van der Waals surface area contributed by atoms with Crippen molar-refractivity contribution in [3.05, 3.63) is 47.2 Å². The molecule has 156 valence electrons. The summed E-state index contributed by atoms with van der Waals surface area (Å²) in [4.78, 5) is 20.5. The summed E-state index contributed by atoms with van der Waals surface area (Å²) in [6.07, 6.45) is -2.41. The smallest absolute Gasteiger partial charge is 0.407 e. The molecule has 1 atom stereocenters. The van der Waals surface area contributed by atoms with Crippen molar-refractivity contribution in [2.75, 3.05) is 25.0 Å². The molecule has 0 unspecified atom stereocenters. The van der Waals surface area contributed by atoms with Gasteiger partial charge in [0.15, 0.2) is 11.6 Å². The highest BCUT2D eigenvalue weighted by atomic mass is 19.3. The van der Waals surface area contributed by atoms with Gasteiger partial charge in [-0.15, -0.1) is 0 Å². The molecule has 1 aromatic carbocycles. The van der Waals surface area contributed by atoms with Gasteiger partial charge in [-0.3, -0.25) is 0 Å². The Morgan fingerprint density at radius 1 is 1.38 bits per heavy atom. The van der Waals surface area contributed by atoms with Crippen LogP contribution in [-0.4, -0.2) is 45.8 Å². The van der Waals surface area contributed by atoms with E-state index in [9.17, 15) is 18.0 Å². The van der Waals surface area contributed by atoms with Crippen LogP contribution in [0.25, 0.3) is 0 Å². The minimum absolute atomic E-state index is 0.0536. The van der Waals surface area contributed by atoms with Gasteiger partial charge in [-0.2, -0.15) is 0 Å². The molecule has 2 N–H and O–H groups in total. The summed E-state index contributed by atoms with van der Waals surface area (Å²) in [7, 11) is 0. The number of likely N-dealkylation sites (tertiary alicyclic amines) is 1. The minimum atomic E-state index is -2.91. The fraction of sp³-hybridized carbons (Fsp3) is 0.421. The molecule has 2 aromatic rings. The van der Waals surface area contributed by atoms with Crippen LogP contribution in [0.2, 0.25) is 0 Å². The number of carbonyl (C=O) groups is 1. The van der Waals surface area contributed by atoms with Crippen molar-refractivity contribution in [3.8, 4) is 5.75 Å². The van der Waals surface area contributed by atoms with Crippen LogP contribution in [0.5, 0.6) is 5.75 Å². The first-order chi connectivity index (χ1) is 13.8. The molecule has 1 aromatic heterocycles. The van der Waals surface area contributed by atoms with Gasteiger partial charge in [-0.1, -0.05) is 18.2 Å². The third-order valence-corrected chi connectivity index (χ3v) is 4.69. The van der Waals surface area contributed by atoms with E-state index in [0.29, 0.717) is 30.5 Å². The zero-order chi connectivity index (χ0) is 21.1. The van der Waals surface area contributed by atoms with Gasteiger partial charge in [0.25, 0.3) is 6.43 Å². The van der Waals surface area contributed by atoms with E-state index in [1.165, 1.54) is 23.2 Å². The minimum Gasteiger partial charge on any atom is -0.488 e. The molecular formula is C19H21F3N4O3. The lowest BCUT2D eigenvalue weighted by molar-refractivity contribution is 0.0585. The molecule has 1 fully saturated rings. The number of amides is 1. The number of alkyl halides is 2. The number of aromatic nitrogens is 2. The molecule has 0 saturated carbocycles. The highest BCUT2D eigenvalue weighted by molar-refractivity contribution is 5.66. The summed E-state index contributed by atoms with van der Waals surface area (Å²) >= 11 is 0. The number of rotatable bonds is 7. The molecule has 10 heteroatoms. The maximum absolute atomic E-state index is 14.4. The Labute approximate surface area is 165 Å². The standard InChI is InChI=1S/C19H21F3N4O3/c1-10(13-4-3-5-14(16(13)20)17(21)22)24-18-15(6-23-11(2)25-18)29-9-12-7-26(8-12)19(27)28/h3-6,10,12,17H,7-9H2,1-2H3,(H,27,28)(H,23,24,25)/t10-/m1/s1. The number of benzene rings is 1. The predicted molar refractivity (Wildman–Crippen MR) is 98.7 cm³/mol. The van der Waals surface area contributed by atoms with Gasteiger partial charge in [0, 0.05) is 24.6 Å². The van der Waals surface area contributed by atoms with Gasteiger partial charge >= 0.3 is 6.09 Å². The largest absolute Gasteiger partial charge is 0.488 e. The van der Waals surface area contributed by atoms with Crippen LogP contribution in [0.15, 0.2) is 24.4 Å². The zero-order valence-corrected chi connectivity index (χ0v) is 15.9. The summed E-state index contributed by atoms with van der Waals surface area (Å²) in [5.41, 5.74) is -0.569. The first-order valence-corrected chi connectivity index (χ1v) is 9.03. The average Bonchev–Trinajstić information content (AvgIpc) is 2.61. The second-order valence-electron chi connectivity index (χ2n) is 6.91. The Hall–Kier alpha value is -3.04. The first-order valence-electron chi connectivity index (χ1n) is 9.03. The summed E-state index contributed by atoms with van der Waals surface area (Å²) < 4.78 is 46.1. The van der Waals surface area contributed by atoms with E-state index in [2.05, 4.69) is 15.3 Å². The van der Waals surface area contributed by atoms with Crippen LogP contribution in [0.3, 0.4) is 0 Å². The van der Waals surface area contributed by atoms with Gasteiger partial charge in [-0.25, -0.2) is 27.9 Å². The quantitative estimate of drug-likeness (QED) is 0.717. The molecule has 1 amide bonds. The van der Waals surface area contributed by atoms with Crippen LogP contribution in [0, 0.1) is 18.7 Å². The van der Waals surface area contributed by atoms with Crippen molar-refractivity contribution in [1.82, 2.24) is 14.9 Å². The van der Waals surface area contributed by atoms with Crippen LogP contribution in [0.1, 0.15) is 36.3 Å². The maximum Gasteiger partial charge on any atom is 0.407 e. The molecule has 0 radical (unpaired) electrons. The van der Waals surface area contributed by atoms with Crippen molar-refractivity contribution < 1.29 is 27.8 Å². The second-order valence-corrected chi connectivity index (χ2v) is 6.91. The number of carboxylic acid groups (broad SMARTS) is 1. The average molecular weight is 410 g/mol. The number of anilines is 1. The van der Waals surface area contributed by atoms with E-state index in [-0.39, 0.29) is 18.1 Å². The molecule has 0 spiro atoms. The Bertz CT molecular complexity index is 891. The molecule has 0 aliphatic carbocycles. The fourth-order valence-corrected chi connectivity index (χ4v) is 3.06. The number of nitrogens with one attached hydrogen (secondary N) is 1. The Morgan fingerprint density at radius 2 is 2.07 bits per heavy atom. The highest BCUT2D eigenvalue weighted by Gasteiger charge is 2.31. The van der Waals surface area contributed by atoms with Crippen LogP contribution >= 0.6 is 0 Å². The second kappa shape index (κ2) is 8.54. The Morgan fingerprint density at radius 3 is 2.72 bits per heavy atom. The number of halogens is 3. The molecule has 3 rings (SSSR count). The van der Waals surface area contributed by atoms with Crippen molar-refractivity contribution in [1.29, 1.82) is 0 Å². The van der Waals surface area contributed by atoms with Gasteiger partial charge in [0.05, 0.1) is 24.4 Å². The Balaban J connectivity index is 1.71. The number of nitrogens with zero attached hydrogens (tertiary/aromatic N) is 3. The summed E-state index contributed by atoms with van der Waals surface area (Å²) in [6, 6.07) is 3.21. The van der Waals surface area contributed by atoms with E-state index in [4.69, 9.17) is 9.84 Å².